The zero-order valence-electron chi connectivity index (χ0n) is 12.2. The molecule has 1 aromatic heterocycles. The normalized spacial score (nSPS) is 11.6. The summed E-state index contributed by atoms with van der Waals surface area (Å²) in [5.74, 6) is 0. The van der Waals surface area contributed by atoms with Crippen LogP contribution < -0.4 is 0 Å². The summed E-state index contributed by atoms with van der Waals surface area (Å²) in [6, 6.07) is 12.2. The minimum atomic E-state index is -3.29. The largest absolute Gasteiger partial charge is 0.224 e. The summed E-state index contributed by atoms with van der Waals surface area (Å²) >= 11 is 14.8. The fourth-order valence-electron chi connectivity index (χ4n) is 2.13. The first kappa shape index (κ1) is 17.6. The van der Waals surface area contributed by atoms with Gasteiger partial charge in [0.25, 0.3) is 0 Å². The van der Waals surface area contributed by atoms with E-state index in [1.807, 2.05) is 0 Å². The van der Waals surface area contributed by atoms with Gasteiger partial charge in [-0.1, -0.05) is 41.0 Å². The van der Waals surface area contributed by atoms with Crippen LogP contribution in [-0.4, -0.2) is 14.7 Å². The summed E-state index contributed by atoms with van der Waals surface area (Å²) in [7, 11) is -3.29. The molecule has 122 valence electrons. The van der Waals surface area contributed by atoms with E-state index in [1.54, 1.807) is 36.4 Å². The third-order valence-corrected chi connectivity index (χ3v) is 7.41. The van der Waals surface area contributed by atoms with Crippen molar-refractivity contribution < 1.29 is 8.42 Å². The van der Waals surface area contributed by atoms with Crippen LogP contribution in [0.25, 0.3) is 10.1 Å². The molecule has 0 N–H and O–H groups in total. The summed E-state index contributed by atoms with van der Waals surface area (Å²) < 4.78 is 24.2. The number of nitrogens with zero attached hydrogens (tertiary/aromatic N) is 1. The number of halogens is 2. The first-order valence-electron chi connectivity index (χ1n) is 6.59. The summed E-state index contributed by atoms with van der Waals surface area (Å²) in [6.07, 6.45) is 1.16. The maximum atomic E-state index is 11.7. The molecular weight excluding hydrogens is 405 g/mol. The highest BCUT2D eigenvalue weighted by Gasteiger charge is 2.17. The fraction of sp³-hybridized carbons (Fsp3) is 0.0625. The molecule has 0 aliphatic heterocycles. The molecule has 0 radical (unpaired) electrons. The van der Waals surface area contributed by atoms with Gasteiger partial charge in [-0.2, -0.15) is 5.26 Å². The average Bonchev–Trinajstić information content (AvgIpc) is 2.86. The second-order valence-electron chi connectivity index (χ2n) is 4.98. The zero-order valence-corrected chi connectivity index (χ0v) is 16.2. The molecule has 0 unspecified atom stereocenters. The Morgan fingerprint density at radius 3 is 2.54 bits per heavy atom. The standard InChI is InChI=1S/C16H9Cl2NO2S3/c1-24(20,21)10-3-4-11-14(7-10)22-15(8-19)16(11)23-13-5-2-9(17)6-12(13)18/h2-7H,1H3. The molecule has 0 aliphatic rings. The van der Waals surface area contributed by atoms with Gasteiger partial charge in [0.1, 0.15) is 10.9 Å². The molecule has 0 aliphatic carbocycles. The van der Waals surface area contributed by atoms with Crippen molar-refractivity contribution in [1.29, 1.82) is 5.26 Å². The highest BCUT2D eigenvalue weighted by Crippen LogP contribution is 2.44. The lowest BCUT2D eigenvalue weighted by molar-refractivity contribution is 0.602. The summed E-state index contributed by atoms with van der Waals surface area (Å²) in [5, 5.41) is 11.3. The Balaban J connectivity index is 2.15. The number of hydrogen-bond acceptors (Lipinski definition) is 5. The van der Waals surface area contributed by atoms with E-state index < -0.39 is 9.84 Å². The third-order valence-electron chi connectivity index (χ3n) is 3.25. The van der Waals surface area contributed by atoms with E-state index in [-0.39, 0.29) is 4.90 Å². The van der Waals surface area contributed by atoms with Crippen LogP contribution in [0.1, 0.15) is 4.88 Å². The van der Waals surface area contributed by atoms with Crippen molar-refractivity contribution in [1.82, 2.24) is 0 Å². The third kappa shape index (κ3) is 3.41. The van der Waals surface area contributed by atoms with Crippen molar-refractivity contribution in [2.75, 3.05) is 6.26 Å². The number of thiophene rings is 1. The molecular formula is C16H9Cl2NO2S3. The number of hydrogen-bond donors (Lipinski definition) is 0. The Kier molecular flexibility index (Phi) is 4.82. The van der Waals surface area contributed by atoms with Gasteiger partial charge in [-0.25, -0.2) is 8.42 Å². The van der Waals surface area contributed by atoms with Crippen LogP contribution in [0, 0.1) is 11.3 Å². The van der Waals surface area contributed by atoms with Crippen LogP contribution in [0.4, 0.5) is 0 Å². The van der Waals surface area contributed by atoms with Crippen molar-refractivity contribution in [2.45, 2.75) is 14.7 Å². The molecule has 0 saturated heterocycles. The van der Waals surface area contributed by atoms with E-state index in [0.717, 1.165) is 26.1 Å². The predicted octanol–water partition coefficient (Wildman–Crippen LogP) is 5.63. The van der Waals surface area contributed by atoms with E-state index in [9.17, 15) is 13.7 Å². The minimum Gasteiger partial charge on any atom is -0.224 e. The maximum Gasteiger partial charge on any atom is 0.175 e. The molecule has 0 saturated carbocycles. The van der Waals surface area contributed by atoms with E-state index >= 15 is 0 Å². The van der Waals surface area contributed by atoms with Crippen molar-refractivity contribution in [3.05, 3.63) is 51.3 Å². The topological polar surface area (TPSA) is 57.9 Å². The quantitative estimate of drug-likeness (QED) is 0.557. The van der Waals surface area contributed by atoms with Crippen LogP contribution in [0.3, 0.4) is 0 Å². The Morgan fingerprint density at radius 1 is 1.17 bits per heavy atom. The van der Waals surface area contributed by atoms with Gasteiger partial charge in [0, 0.05) is 31.2 Å². The molecule has 3 nitrogen and oxygen atoms in total. The van der Waals surface area contributed by atoms with E-state index in [1.165, 1.54) is 23.1 Å². The number of sulfone groups is 1. The Hall–Kier alpha value is -1.23. The fourth-order valence-corrected chi connectivity index (χ4v) is 5.56. The molecule has 2 aromatic carbocycles. The summed E-state index contributed by atoms with van der Waals surface area (Å²) in [6.45, 7) is 0. The molecule has 24 heavy (non-hydrogen) atoms. The van der Waals surface area contributed by atoms with Crippen LogP contribution in [0.2, 0.25) is 10.0 Å². The molecule has 3 aromatic rings. The average molecular weight is 414 g/mol. The Bertz CT molecular complexity index is 1100. The molecule has 0 fully saturated rings. The SMILES string of the molecule is CS(=O)(=O)c1ccc2c(Sc3ccc(Cl)cc3Cl)c(C#N)sc2c1. The monoisotopic (exact) mass is 413 g/mol. The summed E-state index contributed by atoms with van der Waals surface area (Å²) in [4.78, 5) is 2.31. The Morgan fingerprint density at radius 2 is 1.92 bits per heavy atom. The van der Waals surface area contributed by atoms with Crippen molar-refractivity contribution in [3.8, 4) is 6.07 Å². The van der Waals surface area contributed by atoms with E-state index in [0.29, 0.717) is 14.9 Å². The molecule has 0 spiro atoms. The lowest BCUT2D eigenvalue weighted by Gasteiger charge is -2.05. The predicted molar refractivity (Wildman–Crippen MR) is 100 cm³/mol. The maximum absolute atomic E-state index is 11.7. The van der Waals surface area contributed by atoms with Crippen LogP contribution in [0.5, 0.6) is 0 Å². The highest BCUT2D eigenvalue weighted by molar-refractivity contribution is 8.00. The number of benzene rings is 2. The van der Waals surface area contributed by atoms with Crippen LogP contribution in [0.15, 0.2) is 51.1 Å². The van der Waals surface area contributed by atoms with Crippen LogP contribution >= 0.6 is 46.3 Å². The molecule has 3 rings (SSSR count). The van der Waals surface area contributed by atoms with Gasteiger partial charge >= 0.3 is 0 Å². The zero-order chi connectivity index (χ0) is 17.5. The first-order valence-corrected chi connectivity index (χ1v) is 10.9. The molecule has 1 heterocycles. The molecule has 0 amide bonds. The second kappa shape index (κ2) is 6.58. The lowest BCUT2D eigenvalue weighted by Crippen LogP contribution is -1.95. The van der Waals surface area contributed by atoms with Crippen LogP contribution in [-0.2, 0) is 9.84 Å². The highest BCUT2D eigenvalue weighted by atomic mass is 35.5. The van der Waals surface area contributed by atoms with Gasteiger partial charge in [0.05, 0.1) is 9.92 Å². The van der Waals surface area contributed by atoms with Gasteiger partial charge in [0.2, 0.25) is 0 Å². The Labute approximate surface area is 157 Å². The number of fused-ring (bicyclic) bond motifs is 1. The van der Waals surface area contributed by atoms with Gasteiger partial charge in [-0.3, -0.25) is 0 Å². The second-order valence-corrected chi connectivity index (χ2v) is 9.94. The summed E-state index contributed by atoms with van der Waals surface area (Å²) in [5.41, 5.74) is 0. The first-order chi connectivity index (χ1) is 11.3. The number of rotatable bonds is 3. The lowest BCUT2D eigenvalue weighted by atomic mass is 10.2. The van der Waals surface area contributed by atoms with Crippen molar-refractivity contribution >= 4 is 66.2 Å². The van der Waals surface area contributed by atoms with E-state index in [4.69, 9.17) is 23.2 Å². The van der Waals surface area contributed by atoms with Gasteiger partial charge in [-0.15, -0.1) is 11.3 Å². The van der Waals surface area contributed by atoms with Crippen molar-refractivity contribution in [3.63, 3.8) is 0 Å². The molecule has 8 heteroatoms. The smallest absolute Gasteiger partial charge is 0.175 e. The minimum absolute atomic E-state index is 0.238. The van der Waals surface area contributed by atoms with Gasteiger partial charge in [-0.05, 0) is 30.3 Å². The van der Waals surface area contributed by atoms with Gasteiger partial charge < -0.3 is 0 Å². The van der Waals surface area contributed by atoms with Gasteiger partial charge in [0.15, 0.2) is 9.84 Å². The van der Waals surface area contributed by atoms with Crippen molar-refractivity contribution in [2.24, 2.45) is 0 Å². The molecule has 0 atom stereocenters. The molecule has 0 bridgehead atoms. The number of nitriles is 1. The van der Waals surface area contributed by atoms with E-state index in [2.05, 4.69) is 6.07 Å².